The van der Waals surface area contributed by atoms with Crippen molar-refractivity contribution in [1.82, 2.24) is 5.32 Å². The highest BCUT2D eigenvalue weighted by Crippen LogP contribution is 2.08. The molecule has 0 aromatic carbocycles. The van der Waals surface area contributed by atoms with Crippen molar-refractivity contribution in [3.8, 4) is 0 Å². The number of ether oxygens (including phenoxy) is 1. The summed E-state index contributed by atoms with van der Waals surface area (Å²) in [6.07, 6.45) is -1.45. The van der Waals surface area contributed by atoms with Crippen LogP contribution in [0.2, 0.25) is 0 Å². The second kappa shape index (κ2) is 4.91. The summed E-state index contributed by atoms with van der Waals surface area (Å²) in [5.41, 5.74) is 0. The minimum absolute atomic E-state index is 0.133. The lowest BCUT2D eigenvalue weighted by atomic mass is 10.0. The lowest BCUT2D eigenvalue weighted by Crippen LogP contribution is -2.54. The van der Waals surface area contributed by atoms with E-state index in [1.807, 2.05) is 0 Å². The van der Waals surface area contributed by atoms with Gasteiger partial charge in [0.1, 0.15) is 6.10 Å². The van der Waals surface area contributed by atoms with Crippen LogP contribution in [0.15, 0.2) is 0 Å². The van der Waals surface area contributed by atoms with Crippen molar-refractivity contribution in [2.24, 2.45) is 5.92 Å². The summed E-state index contributed by atoms with van der Waals surface area (Å²) in [5, 5.41) is 22.0. The standard InChI is InChI=1S/C9H19NO3/c1-6(2)3-10-7-4-13-5-8(11)9(7)12/h6-12H,3-5H2,1-2H3/t7-,8-,9+/m1/s1. The van der Waals surface area contributed by atoms with Gasteiger partial charge in [-0.1, -0.05) is 13.8 Å². The van der Waals surface area contributed by atoms with Crippen molar-refractivity contribution >= 4 is 0 Å². The Balaban J connectivity index is 2.31. The van der Waals surface area contributed by atoms with Gasteiger partial charge in [-0.3, -0.25) is 0 Å². The molecule has 0 aromatic heterocycles. The van der Waals surface area contributed by atoms with Crippen molar-refractivity contribution in [2.45, 2.75) is 32.1 Å². The van der Waals surface area contributed by atoms with Crippen LogP contribution in [-0.2, 0) is 4.74 Å². The van der Waals surface area contributed by atoms with E-state index in [0.29, 0.717) is 12.5 Å². The van der Waals surface area contributed by atoms with Gasteiger partial charge in [-0.15, -0.1) is 0 Å². The minimum Gasteiger partial charge on any atom is -0.389 e. The number of aliphatic hydroxyl groups is 2. The molecule has 0 unspecified atom stereocenters. The molecule has 0 radical (unpaired) electrons. The van der Waals surface area contributed by atoms with Crippen LogP contribution in [0.5, 0.6) is 0 Å². The van der Waals surface area contributed by atoms with Gasteiger partial charge in [0.2, 0.25) is 0 Å². The molecule has 0 aliphatic carbocycles. The van der Waals surface area contributed by atoms with Crippen LogP contribution in [0.3, 0.4) is 0 Å². The highest BCUT2D eigenvalue weighted by atomic mass is 16.5. The lowest BCUT2D eigenvalue weighted by Gasteiger charge is -2.32. The molecular weight excluding hydrogens is 170 g/mol. The van der Waals surface area contributed by atoms with E-state index >= 15 is 0 Å². The average molecular weight is 189 g/mol. The van der Waals surface area contributed by atoms with E-state index in [1.165, 1.54) is 0 Å². The fourth-order valence-electron chi connectivity index (χ4n) is 1.35. The monoisotopic (exact) mass is 189 g/mol. The maximum absolute atomic E-state index is 9.56. The lowest BCUT2D eigenvalue weighted by molar-refractivity contribution is -0.105. The molecule has 0 amide bonds. The second-order valence-electron chi connectivity index (χ2n) is 4.00. The molecule has 1 saturated heterocycles. The van der Waals surface area contributed by atoms with E-state index in [9.17, 15) is 10.2 Å². The van der Waals surface area contributed by atoms with Crippen LogP contribution in [0.1, 0.15) is 13.8 Å². The summed E-state index contributed by atoms with van der Waals surface area (Å²) in [6, 6.07) is -0.133. The van der Waals surface area contributed by atoms with Gasteiger partial charge in [-0.25, -0.2) is 0 Å². The van der Waals surface area contributed by atoms with Crippen molar-refractivity contribution in [1.29, 1.82) is 0 Å². The van der Waals surface area contributed by atoms with E-state index in [1.54, 1.807) is 0 Å². The molecule has 1 aliphatic rings. The van der Waals surface area contributed by atoms with Crippen LogP contribution >= 0.6 is 0 Å². The largest absolute Gasteiger partial charge is 0.389 e. The smallest absolute Gasteiger partial charge is 0.105 e. The number of aliphatic hydroxyl groups excluding tert-OH is 2. The van der Waals surface area contributed by atoms with Gasteiger partial charge >= 0.3 is 0 Å². The number of nitrogens with one attached hydrogen (secondary N) is 1. The first-order chi connectivity index (χ1) is 6.11. The second-order valence-corrected chi connectivity index (χ2v) is 4.00. The summed E-state index contributed by atoms with van der Waals surface area (Å²) in [4.78, 5) is 0. The molecule has 1 rings (SSSR count). The number of hydrogen-bond donors (Lipinski definition) is 3. The third kappa shape index (κ3) is 3.23. The molecule has 3 atom stereocenters. The zero-order valence-electron chi connectivity index (χ0n) is 8.23. The Labute approximate surface area is 78.9 Å². The average Bonchev–Trinajstić information content (AvgIpc) is 2.07. The molecule has 1 heterocycles. The molecule has 1 fully saturated rings. The molecule has 78 valence electrons. The molecule has 13 heavy (non-hydrogen) atoms. The predicted molar refractivity (Wildman–Crippen MR) is 49.5 cm³/mol. The van der Waals surface area contributed by atoms with E-state index < -0.39 is 12.2 Å². The van der Waals surface area contributed by atoms with E-state index in [2.05, 4.69) is 19.2 Å². The van der Waals surface area contributed by atoms with Gasteiger partial charge in [0, 0.05) is 0 Å². The Morgan fingerprint density at radius 2 is 2.08 bits per heavy atom. The zero-order valence-corrected chi connectivity index (χ0v) is 8.23. The SMILES string of the molecule is CC(C)CN[C@@H]1COC[C@@H](O)[C@H]1O. The van der Waals surface area contributed by atoms with Crippen LogP contribution in [0.25, 0.3) is 0 Å². The van der Waals surface area contributed by atoms with Gasteiger partial charge in [-0.2, -0.15) is 0 Å². The van der Waals surface area contributed by atoms with Gasteiger partial charge < -0.3 is 20.3 Å². The van der Waals surface area contributed by atoms with Crippen molar-refractivity contribution < 1.29 is 14.9 Å². The highest BCUT2D eigenvalue weighted by Gasteiger charge is 2.30. The zero-order chi connectivity index (χ0) is 9.84. The van der Waals surface area contributed by atoms with Crippen LogP contribution < -0.4 is 5.32 Å². The molecule has 4 nitrogen and oxygen atoms in total. The topological polar surface area (TPSA) is 61.7 Å². The molecular formula is C9H19NO3. The molecule has 4 heteroatoms. The summed E-state index contributed by atoms with van der Waals surface area (Å²) in [6.45, 7) is 5.74. The Morgan fingerprint density at radius 1 is 1.38 bits per heavy atom. The summed E-state index contributed by atoms with van der Waals surface area (Å²) in [7, 11) is 0. The van der Waals surface area contributed by atoms with E-state index in [0.717, 1.165) is 6.54 Å². The van der Waals surface area contributed by atoms with Crippen LogP contribution in [0, 0.1) is 5.92 Å². The summed E-state index contributed by atoms with van der Waals surface area (Å²) >= 11 is 0. The third-order valence-electron chi connectivity index (χ3n) is 2.18. The molecule has 3 N–H and O–H groups in total. The third-order valence-corrected chi connectivity index (χ3v) is 2.18. The fraction of sp³-hybridized carbons (Fsp3) is 1.00. The Kier molecular flexibility index (Phi) is 4.12. The first kappa shape index (κ1) is 10.9. The predicted octanol–water partition coefficient (Wildman–Crippen LogP) is -0.647. The van der Waals surface area contributed by atoms with Crippen molar-refractivity contribution in [2.75, 3.05) is 19.8 Å². The molecule has 0 spiro atoms. The Bertz CT molecular complexity index is 152. The van der Waals surface area contributed by atoms with Crippen LogP contribution in [-0.4, -0.2) is 48.2 Å². The highest BCUT2D eigenvalue weighted by molar-refractivity contribution is 4.85. The van der Waals surface area contributed by atoms with E-state index in [-0.39, 0.29) is 12.6 Å². The summed E-state index contributed by atoms with van der Waals surface area (Å²) in [5.74, 6) is 0.534. The maximum Gasteiger partial charge on any atom is 0.105 e. The van der Waals surface area contributed by atoms with Crippen molar-refractivity contribution in [3.63, 3.8) is 0 Å². The fourth-order valence-corrected chi connectivity index (χ4v) is 1.35. The van der Waals surface area contributed by atoms with Gasteiger partial charge in [0.25, 0.3) is 0 Å². The van der Waals surface area contributed by atoms with Gasteiger partial charge in [-0.05, 0) is 12.5 Å². The van der Waals surface area contributed by atoms with Gasteiger partial charge in [0.15, 0.2) is 0 Å². The normalized spacial score (nSPS) is 35.3. The first-order valence-corrected chi connectivity index (χ1v) is 4.78. The Morgan fingerprint density at radius 3 is 2.69 bits per heavy atom. The quantitative estimate of drug-likeness (QED) is 0.552. The molecule has 1 aliphatic heterocycles. The molecule has 0 aromatic rings. The Hall–Kier alpha value is -0.160. The van der Waals surface area contributed by atoms with E-state index in [4.69, 9.17) is 4.74 Å². The summed E-state index contributed by atoms with van der Waals surface area (Å²) < 4.78 is 5.12. The minimum atomic E-state index is -0.751. The number of rotatable bonds is 3. The first-order valence-electron chi connectivity index (χ1n) is 4.78. The number of hydrogen-bond acceptors (Lipinski definition) is 4. The maximum atomic E-state index is 9.56. The molecule has 0 saturated carbocycles. The van der Waals surface area contributed by atoms with Crippen molar-refractivity contribution in [3.05, 3.63) is 0 Å². The van der Waals surface area contributed by atoms with Crippen LogP contribution in [0.4, 0.5) is 0 Å². The molecule has 0 bridgehead atoms. The van der Waals surface area contributed by atoms with Gasteiger partial charge in [0.05, 0.1) is 25.4 Å².